The predicted molar refractivity (Wildman–Crippen MR) is 60.3 cm³/mol. The SMILES string of the molecule is Cc1cc2sc(N)cc2cc1CC#N. The van der Waals surface area contributed by atoms with E-state index in [-0.39, 0.29) is 0 Å². The van der Waals surface area contributed by atoms with E-state index in [1.54, 1.807) is 11.3 Å². The van der Waals surface area contributed by atoms with E-state index in [2.05, 4.69) is 18.2 Å². The Bertz CT molecular complexity index is 520. The van der Waals surface area contributed by atoms with Crippen LogP contribution in [0.2, 0.25) is 0 Å². The quantitative estimate of drug-likeness (QED) is 0.773. The van der Waals surface area contributed by atoms with Crippen LogP contribution in [0.1, 0.15) is 11.1 Å². The number of nitrogens with two attached hydrogens (primary N) is 1. The van der Waals surface area contributed by atoms with Crippen molar-refractivity contribution in [2.24, 2.45) is 0 Å². The summed E-state index contributed by atoms with van der Waals surface area (Å²) in [6, 6.07) is 8.28. The number of benzene rings is 1. The molecule has 0 amide bonds. The van der Waals surface area contributed by atoms with Gasteiger partial charge >= 0.3 is 0 Å². The maximum absolute atomic E-state index is 8.65. The second-order valence-electron chi connectivity index (χ2n) is 3.30. The maximum atomic E-state index is 8.65. The van der Waals surface area contributed by atoms with Crippen molar-refractivity contribution < 1.29 is 0 Å². The average molecular weight is 202 g/mol. The lowest BCUT2D eigenvalue weighted by Gasteiger charge is -2.00. The molecule has 0 spiro atoms. The van der Waals surface area contributed by atoms with Gasteiger partial charge in [0.05, 0.1) is 17.5 Å². The van der Waals surface area contributed by atoms with Gasteiger partial charge in [-0.25, -0.2) is 0 Å². The highest BCUT2D eigenvalue weighted by Gasteiger charge is 2.03. The van der Waals surface area contributed by atoms with Gasteiger partial charge < -0.3 is 5.73 Å². The first-order valence-corrected chi connectivity index (χ1v) is 5.18. The summed E-state index contributed by atoms with van der Waals surface area (Å²) in [7, 11) is 0. The van der Waals surface area contributed by atoms with Gasteiger partial charge in [-0.2, -0.15) is 5.26 Å². The molecule has 1 heterocycles. The molecule has 0 radical (unpaired) electrons. The summed E-state index contributed by atoms with van der Waals surface area (Å²) in [6.07, 6.45) is 0.470. The number of thiophene rings is 1. The van der Waals surface area contributed by atoms with Gasteiger partial charge in [0, 0.05) is 4.70 Å². The molecule has 2 rings (SSSR count). The van der Waals surface area contributed by atoms with E-state index in [0.29, 0.717) is 6.42 Å². The molecule has 0 aliphatic heterocycles. The van der Waals surface area contributed by atoms with E-state index >= 15 is 0 Å². The number of fused-ring (bicyclic) bond motifs is 1. The van der Waals surface area contributed by atoms with Crippen LogP contribution in [0.4, 0.5) is 5.00 Å². The Hall–Kier alpha value is -1.53. The molecule has 0 saturated carbocycles. The summed E-state index contributed by atoms with van der Waals surface area (Å²) in [5.74, 6) is 0. The zero-order valence-corrected chi connectivity index (χ0v) is 8.69. The van der Waals surface area contributed by atoms with Gasteiger partial charge in [-0.1, -0.05) is 0 Å². The molecule has 2 N–H and O–H groups in total. The monoisotopic (exact) mass is 202 g/mol. The third-order valence-corrected chi connectivity index (χ3v) is 3.19. The number of anilines is 1. The molecule has 0 atom stereocenters. The van der Waals surface area contributed by atoms with Gasteiger partial charge in [-0.05, 0) is 41.6 Å². The van der Waals surface area contributed by atoms with Crippen molar-refractivity contribution in [1.29, 1.82) is 5.26 Å². The molecule has 2 nitrogen and oxygen atoms in total. The van der Waals surface area contributed by atoms with Crippen molar-refractivity contribution in [1.82, 2.24) is 0 Å². The molecule has 2 aromatic rings. The molecule has 0 saturated heterocycles. The summed E-state index contributed by atoms with van der Waals surface area (Å²) in [5, 5.41) is 10.6. The van der Waals surface area contributed by atoms with E-state index in [1.165, 1.54) is 10.3 Å². The summed E-state index contributed by atoms with van der Waals surface area (Å²) in [6.45, 7) is 2.03. The summed E-state index contributed by atoms with van der Waals surface area (Å²) < 4.78 is 1.20. The molecule has 0 unspecified atom stereocenters. The van der Waals surface area contributed by atoms with E-state index in [0.717, 1.165) is 16.0 Å². The highest BCUT2D eigenvalue weighted by Crippen LogP contribution is 2.29. The van der Waals surface area contributed by atoms with Gasteiger partial charge in [-0.3, -0.25) is 0 Å². The van der Waals surface area contributed by atoms with Gasteiger partial charge in [0.25, 0.3) is 0 Å². The van der Waals surface area contributed by atoms with Gasteiger partial charge in [0.2, 0.25) is 0 Å². The predicted octanol–water partition coefficient (Wildman–Crippen LogP) is 2.86. The number of rotatable bonds is 1. The molecule has 1 aromatic carbocycles. The fourth-order valence-corrected chi connectivity index (χ4v) is 2.44. The minimum absolute atomic E-state index is 0.470. The maximum Gasteiger partial charge on any atom is 0.0868 e. The van der Waals surface area contributed by atoms with Crippen molar-refractivity contribution in [2.45, 2.75) is 13.3 Å². The normalized spacial score (nSPS) is 10.3. The highest BCUT2D eigenvalue weighted by atomic mass is 32.1. The van der Waals surface area contributed by atoms with E-state index < -0.39 is 0 Å². The first-order valence-electron chi connectivity index (χ1n) is 4.36. The van der Waals surface area contributed by atoms with Crippen LogP contribution in [0, 0.1) is 18.3 Å². The summed E-state index contributed by atoms with van der Waals surface area (Å²) >= 11 is 1.59. The lowest BCUT2D eigenvalue weighted by atomic mass is 10.0. The fraction of sp³-hybridized carbons (Fsp3) is 0.182. The van der Waals surface area contributed by atoms with Gasteiger partial charge in [0.15, 0.2) is 0 Å². The van der Waals surface area contributed by atoms with E-state index in [9.17, 15) is 0 Å². The first-order chi connectivity index (χ1) is 6.70. The Morgan fingerprint density at radius 2 is 2.21 bits per heavy atom. The Labute approximate surface area is 86.6 Å². The van der Waals surface area contributed by atoms with Crippen LogP contribution < -0.4 is 5.73 Å². The number of aryl methyl sites for hydroxylation is 1. The Morgan fingerprint density at radius 3 is 2.93 bits per heavy atom. The molecule has 0 aliphatic carbocycles. The van der Waals surface area contributed by atoms with Crippen LogP contribution in [0.25, 0.3) is 10.1 Å². The van der Waals surface area contributed by atoms with Gasteiger partial charge in [-0.15, -0.1) is 11.3 Å². The topological polar surface area (TPSA) is 49.8 Å². The van der Waals surface area contributed by atoms with Crippen LogP contribution in [0.3, 0.4) is 0 Å². The van der Waals surface area contributed by atoms with Crippen LogP contribution in [0.5, 0.6) is 0 Å². The van der Waals surface area contributed by atoms with Crippen LogP contribution >= 0.6 is 11.3 Å². The molecular weight excluding hydrogens is 192 g/mol. The lowest BCUT2D eigenvalue weighted by molar-refractivity contribution is 1.23. The zero-order valence-electron chi connectivity index (χ0n) is 7.87. The Balaban J connectivity index is 2.65. The largest absolute Gasteiger partial charge is 0.391 e. The van der Waals surface area contributed by atoms with Crippen molar-refractivity contribution in [3.63, 3.8) is 0 Å². The van der Waals surface area contributed by atoms with Crippen LogP contribution in [-0.2, 0) is 6.42 Å². The van der Waals surface area contributed by atoms with E-state index in [1.807, 2.05) is 13.0 Å². The van der Waals surface area contributed by atoms with Crippen molar-refractivity contribution in [2.75, 3.05) is 5.73 Å². The zero-order chi connectivity index (χ0) is 10.1. The van der Waals surface area contributed by atoms with Crippen LogP contribution in [-0.4, -0.2) is 0 Å². The Kier molecular flexibility index (Phi) is 2.14. The summed E-state index contributed by atoms with van der Waals surface area (Å²) in [5.41, 5.74) is 7.98. The molecule has 1 aromatic heterocycles. The molecule has 14 heavy (non-hydrogen) atoms. The third kappa shape index (κ3) is 1.45. The number of nitrogens with zero attached hydrogens (tertiary/aromatic N) is 1. The number of hydrogen-bond acceptors (Lipinski definition) is 3. The van der Waals surface area contributed by atoms with Crippen molar-refractivity contribution in [3.8, 4) is 6.07 Å². The lowest BCUT2D eigenvalue weighted by Crippen LogP contribution is -1.85. The second kappa shape index (κ2) is 3.32. The smallest absolute Gasteiger partial charge is 0.0868 e. The number of nitrogen functional groups attached to an aromatic ring is 1. The summed E-state index contributed by atoms with van der Waals surface area (Å²) in [4.78, 5) is 0. The third-order valence-electron chi connectivity index (χ3n) is 2.26. The van der Waals surface area contributed by atoms with Crippen molar-refractivity contribution in [3.05, 3.63) is 29.3 Å². The number of hydrogen-bond donors (Lipinski definition) is 1. The molecular formula is C11H10N2S. The Morgan fingerprint density at radius 1 is 1.43 bits per heavy atom. The molecule has 70 valence electrons. The highest BCUT2D eigenvalue weighted by molar-refractivity contribution is 7.22. The molecule has 3 heteroatoms. The van der Waals surface area contributed by atoms with E-state index in [4.69, 9.17) is 11.0 Å². The minimum Gasteiger partial charge on any atom is -0.391 e. The number of nitriles is 1. The second-order valence-corrected chi connectivity index (χ2v) is 4.42. The molecule has 0 bridgehead atoms. The fourth-order valence-electron chi connectivity index (χ4n) is 1.53. The van der Waals surface area contributed by atoms with Gasteiger partial charge in [0.1, 0.15) is 0 Å². The average Bonchev–Trinajstić information content (AvgIpc) is 2.45. The standard InChI is InChI=1S/C11H10N2S/c1-7-4-10-9(6-11(13)14-10)5-8(7)2-3-12/h4-6H,2,13H2,1H3. The minimum atomic E-state index is 0.470. The van der Waals surface area contributed by atoms with Crippen molar-refractivity contribution >= 4 is 26.4 Å². The van der Waals surface area contributed by atoms with Crippen LogP contribution in [0.15, 0.2) is 18.2 Å². The first kappa shape index (κ1) is 9.04. The molecule has 0 fully saturated rings. The molecule has 0 aliphatic rings.